The van der Waals surface area contributed by atoms with Crippen LogP contribution >= 0.6 is 22.6 Å². The van der Waals surface area contributed by atoms with Gasteiger partial charge in [0.25, 0.3) is 0 Å². The van der Waals surface area contributed by atoms with E-state index in [9.17, 15) is 5.11 Å². The number of rotatable bonds is 1. The second kappa shape index (κ2) is 5.07. The Hall–Kier alpha value is -2.35. The summed E-state index contributed by atoms with van der Waals surface area (Å²) >= 11 is 2.26. The highest BCUT2D eigenvalue weighted by Crippen LogP contribution is 2.43. The first kappa shape index (κ1) is 14.0. The highest BCUT2D eigenvalue weighted by atomic mass is 127. The zero-order valence-corrected chi connectivity index (χ0v) is 14.5. The number of fused-ring (bicyclic) bond motifs is 3. The van der Waals surface area contributed by atoms with Gasteiger partial charge in [-0.3, -0.25) is 0 Å². The summed E-state index contributed by atoms with van der Waals surface area (Å²) in [4.78, 5) is 0. The summed E-state index contributed by atoms with van der Waals surface area (Å²) in [5.74, 6) is 3.02. The number of hydrogen-bond acceptors (Lipinski definition) is 5. The molecule has 2 heterocycles. The predicted octanol–water partition coefficient (Wildman–Crippen LogP) is 4.27. The van der Waals surface area contributed by atoms with Crippen LogP contribution in [0.1, 0.15) is 0 Å². The van der Waals surface area contributed by atoms with Crippen LogP contribution in [-0.4, -0.2) is 18.7 Å². The zero-order valence-electron chi connectivity index (χ0n) is 12.3. The fourth-order valence-corrected chi connectivity index (χ4v) is 3.78. The molecule has 120 valence electrons. The second-order valence-corrected chi connectivity index (χ2v) is 6.77. The molecular formula is C18H11IO5. The van der Waals surface area contributed by atoms with E-state index in [4.69, 9.17) is 18.9 Å². The van der Waals surface area contributed by atoms with Crippen LogP contribution in [0.15, 0.2) is 36.4 Å². The van der Waals surface area contributed by atoms with Gasteiger partial charge in [-0.15, -0.1) is 0 Å². The highest BCUT2D eigenvalue weighted by Gasteiger charge is 2.20. The normalized spacial score (nSPS) is 14.4. The van der Waals surface area contributed by atoms with Crippen molar-refractivity contribution in [1.29, 1.82) is 0 Å². The summed E-state index contributed by atoms with van der Waals surface area (Å²) < 4.78 is 22.7. The van der Waals surface area contributed by atoms with Crippen LogP contribution in [0.2, 0.25) is 0 Å². The van der Waals surface area contributed by atoms with Crippen molar-refractivity contribution in [3.63, 3.8) is 0 Å². The van der Waals surface area contributed by atoms with Gasteiger partial charge in [-0.05, 0) is 75.5 Å². The molecule has 0 radical (unpaired) electrons. The Bertz CT molecular complexity index is 999. The van der Waals surface area contributed by atoms with Crippen molar-refractivity contribution < 1.29 is 24.1 Å². The van der Waals surface area contributed by atoms with E-state index in [1.54, 1.807) is 12.1 Å². The van der Waals surface area contributed by atoms with E-state index in [-0.39, 0.29) is 19.3 Å². The minimum Gasteiger partial charge on any atom is -0.507 e. The molecule has 0 fully saturated rings. The van der Waals surface area contributed by atoms with Crippen LogP contribution in [0, 0.1) is 3.57 Å². The molecule has 1 N–H and O–H groups in total. The first-order chi connectivity index (χ1) is 11.7. The van der Waals surface area contributed by atoms with Gasteiger partial charge in [0.1, 0.15) is 5.75 Å². The van der Waals surface area contributed by atoms with Crippen LogP contribution < -0.4 is 18.9 Å². The molecule has 0 aliphatic carbocycles. The van der Waals surface area contributed by atoms with Gasteiger partial charge in [-0.2, -0.15) is 0 Å². The molecule has 0 amide bonds. The monoisotopic (exact) mass is 434 g/mol. The Morgan fingerprint density at radius 1 is 0.750 bits per heavy atom. The minimum atomic E-state index is 0.203. The quantitative estimate of drug-likeness (QED) is 0.580. The maximum absolute atomic E-state index is 10.5. The van der Waals surface area contributed by atoms with Gasteiger partial charge in [0.05, 0.1) is 0 Å². The summed E-state index contributed by atoms with van der Waals surface area (Å²) in [6.07, 6.45) is 0. The van der Waals surface area contributed by atoms with Gasteiger partial charge >= 0.3 is 0 Å². The second-order valence-electron chi connectivity index (χ2n) is 5.61. The average molecular weight is 434 g/mol. The van der Waals surface area contributed by atoms with Crippen molar-refractivity contribution in [2.24, 2.45) is 0 Å². The first-order valence-corrected chi connectivity index (χ1v) is 8.43. The fraction of sp³-hybridized carbons (Fsp3) is 0.111. The van der Waals surface area contributed by atoms with E-state index in [2.05, 4.69) is 22.6 Å². The summed E-state index contributed by atoms with van der Waals surface area (Å²) in [6, 6.07) is 11.4. The third-order valence-corrected chi connectivity index (χ3v) is 5.09. The third kappa shape index (κ3) is 2.06. The number of aromatic hydroxyl groups is 1. The molecule has 6 heteroatoms. The summed E-state index contributed by atoms with van der Waals surface area (Å²) in [5, 5.41) is 12.1. The number of phenols is 1. The van der Waals surface area contributed by atoms with E-state index >= 15 is 0 Å². The summed E-state index contributed by atoms with van der Waals surface area (Å²) in [7, 11) is 0. The molecule has 0 bridgehead atoms. The standard InChI is InChI=1S/C18H11IO5/c19-13-6-18-16(22-8-24-18)4-11(13)9-1-10-3-15-17(23-7-21-15)5-12(10)14(20)2-9/h1-6,20H,7-8H2. The van der Waals surface area contributed by atoms with Crippen molar-refractivity contribution >= 4 is 33.4 Å². The Balaban J connectivity index is 1.72. The number of halogens is 1. The lowest BCUT2D eigenvalue weighted by Crippen LogP contribution is -1.92. The summed E-state index contributed by atoms with van der Waals surface area (Å²) in [5.41, 5.74) is 1.89. The maximum Gasteiger partial charge on any atom is 0.231 e. The van der Waals surface area contributed by atoms with E-state index in [0.29, 0.717) is 11.5 Å². The largest absolute Gasteiger partial charge is 0.507 e. The van der Waals surface area contributed by atoms with Gasteiger partial charge < -0.3 is 24.1 Å². The average Bonchev–Trinajstić information content (AvgIpc) is 3.20. The zero-order chi connectivity index (χ0) is 16.3. The van der Waals surface area contributed by atoms with E-state index in [0.717, 1.165) is 37.0 Å². The predicted molar refractivity (Wildman–Crippen MR) is 96.0 cm³/mol. The van der Waals surface area contributed by atoms with Gasteiger partial charge in [0.2, 0.25) is 13.6 Å². The number of hydrogen-bond donors (Lipinski definition) is 1. The van der Waals surface area contributed by atoms with E-state index in [1.807, 2.05) is 24.3 Å². The molecule has 24 heavy (non-hydrogen) atoms. The van der Waals surface area contributed by atoms with Gasteiger partial charge in [0.15, 0.2) is 23.0 Å². The molecule has 2 aliphatic heterocycles. The molecular weight excluding hydrogens is 423 g/mol. The number of phenolic OH excluding ortho intramolecular Hbond substituents is 1. The van der Waals surface area contributed by atoms with Crippen molar-refractivity contribution in [3.8, 4) is 39.9 Å². The van der Waals surface area contributed by atoms with Crippen molar-refractivity contribution in [1.82, 2.24) is 0 Å². The molecule has 0 saturated carbocycles. The summed E-state index contributed by atoms with van der Waals surface area (Å²) in [6.45, 7) is 0.445. The molecule has 0 spiro atoms. The Kier molecular flexibility index (Phi) is 2.97. The molecule has 0 saturated heterocycles. The molecule has 5 nitrogen and oxygen atoms in total. The Morgan fingerprint density at radius 2 is 1.38 bits per heavy atom. The molecule has 3 aromatic carbocycles. The van der Waals surface area contributed by atoms with Crippen LogP contribution in [0.4, 0.5) is 0 Å². The third-order valence-electron chi connectivity index (χ3n) is 4.20. The molecule has 0 unspecified atom stereocenters. The lowest BCUT2D eigenvalue weighted by atomic mass is 9.99. The van der Waals surface area contributed by atoms with Gasteiger partial charge in [-0.1, -0.05) is 0 Å². The van der Waals surface area contributed by atoms with E-state index < -0.39 is 0 Å². The number of ether oxygens (including phenoxy) is 4. The lowest BCUT2D eigenvalue weighted by molar-refractivity contribution is 0.173. The number of benzene rings is 3. The smallest absolute Gasteiger partial charge is 0.231 e. The topological polar surface area (TPSA) is 57.2 Å². The molecule has 0 atom stereocenters. The Morgan fingerprint density at radius 3 is 2.12 bits per heavy atom. The van der Waals surface area contributed by atoms with Gasteiger partial charge in [-0.25, -0.2) is 0 Å². The fourth-order valence-electron chi connectivity index (χ4n) is 3.03. The van der Waals surface area contributed by atoms with E-state index in [1.165, 1.54) is 0 Å². The molecule has 2 aliphatic rings. The molecule has 0 aromatic heterocycles. The van der Waals surface area contributed by atoms with Crippen LogP contribution in [0.3, 0.4) is 0 Å². The minimum absolute atomic E-state index is 0.203. The SMILES string of the molecule is Oc1cc(-c2cc3c(cc2I)OCO3)cc2cc3c(cc12)OCO3. The highest BCUT2D eigenvalue weighted by molar-refractivity contribution is 14.1. The molecule has 5 rings (SSSR count). The van der Waals surface area contributed by atoms with Crippen LogP contribution in [-0.2, 0) is 0 Å². The Labute approximate surface area is 150 Å². The van der Waals surface area contributed by atoms with Crippen molar-refractivity contribution in [3.05, 3.63) is 40.0 Å². The van der Waals surface area contributed by atoms with Crippen molar-refractivity contribution in [2.75, 3.05) is 13.6 Å². The first-order valence-electron chi connectivity index (χ1n) is 7.35. The maximum atomic E-state index is 10.5. The van der Waals surface area contributed by atoms with Crippen LogP contribution in [0.25, 0.3) is 21.9 Å². The van der Waals surface area contributed by atoms with Crippen LogP contribution in [0.5, 0.6) is 28.7 Å². The molecule has 3 aromatic rings. The van der Waals surface area contributed by atoms with Crippen molar-refractivity contribution in [2.45, 2.75) is 0 Å². The lowest BCUT2D eigenvalue weighted by Gasteiger charge is -2.10. The van der Waals surface area contributed by atoms with Gasteiger partial charge in [0, 0.05) is 8.96 Å².